The van der Waals surface area contributed by atoms with E-state index < -0.39 is 0 Å². The fourth-order valence-corrected chi connectivity index (χ4v) is 4.05. The number of likely N-dealkylation sites (tertiary alicyclic amines) is 2. The van der Waals surface area contributed by atoms with E-state index in [-0.39, 0.29) is 11.6 Å². The number of ether oxygens (including phenoxy) is 1. The van der Waals surface area contributed by atoms with E-state index in [0.29, 0.717) is 12.6 Å². The van der Waals surface area contributed by atoms with Crippen molar-refractivity contribution < 1.29 is 9.53 Å². The van der Waals surface area contributed by atoms with Crippen LogP contribution in [0, 0.1) is 5.92 Å². The first-order valence-corrected chi connectivity index (χ1v) is 11.1. The first-order chi connectivity index (χ1) is 13.4. The molecule has 1 unspecified atom stereocenters. The largest absolute Gasteiger partial charge is 0.450 e. The Kier molecular flexibility index (Phi) is 8.86. The Balaban J connectivity index is 1.87. The van der Waals surface area contributed by atoms with Crippen molar-refractivity contribution in [2.45, 2.75) is 71.9 Å². The number of guanidine groups is 1. The highest BCUT2D eigenvalue weighted by atomic mass is 16.6. The molecular formula is C21H41N5O2. The number of nitrogens with zero attached hydrogens (tertiary/aromatic N) is 3. The van der Waals surface area contributed by atoms with E-state index in [4.69, 9.17) is 9.73 Å². The summed E-state index contributed by atoms with van der Waals surface area (Å²) in [5.74, 6) is 1.66. The van der Waals surface area contributed by atoms with Gasteiger partial charge in [-0.25, -0.2) is 4.79 Å². The zero-order chi connectivity index (χ0) is 20.6. The SMILES string of the molecule is CCNC(=NCC(C)(C)N1CCCC(C)C1)NC1CCN(C(=O)OCC)CC1. The summed E-state index contributed by atoms with van der Waals surface area (Å²) in [7, 11) is 0. The minimum atomic E-state index is -0.195. The van der Waals surface area contributed by atoms with Gasteiger partial charge in [0.25, 0.3) is 0 Å². The van der Waals surface area contributed by atoms with Gasteiger partial charge in [-0.1, -0.05) is 6.92 Å². The lowest BCUT2D eigenvalue weighted by atomic mass is 9.94. The van der Waals surface area contributed by atoms with Crippen molar-refractivity contribution in [2.75, 3.05) is 45.9 Å². The average molecular weight is 396 g/mol. The average Bonchev–Trinajstić information content (AvgIpc) is 2.67. The first kappa shape index (κ1) is 22.8. The number of piperidine rings is 2. The van der Waals surface area contributed by atoms with E-state index in [1.165, 1.54) is 25.9 Å². The Bertz CT molecular complexity index is 515. The number of nitrogens with one attached hydrogen (secondary N) is 2. The molecule has 2 aliphatic heterocycles. The van der Waals surface area contributed by atoms with Gasteiger partial charge in [0.1, 0.15) is 0 Å². The van der Waals surface area contributed by atoms with Crippen LogP contribution < -0.4 is 10.6 Å². The summed E-state index contributed by atoms with van der Waals surface area (Å²) in [4.78, 5) is 21.2. The number of amides is 1. The van der Waals surface area contributed by atoms with Gasteiger partial charge >= 0.3 is 6.09 Å². The molecule has 2 heterocycles. The van der Waals surface area contributed by atoms with E-state index in [9.17, 15) is 4.79 Å². The van der Waals surface area contributed by atoms with E-state index in [1.807, 2.05) is 6.92 Å². The lowest BCUT2D eigenvalue weighted by Gasteiger charge is -2.42. The van der Waals surface area contributed by atoms with Gasteiger partial charge in [0.2, 0.25) is 0 Å². The molecule has 162 valence electrons. The van der Waals surface area contributed by atoms with Gasteiger partial charge in [0.05, 0.1) is 13.2 Å². The summed E-state index contributed by atoms with van der Waals surface area (Å²) in [5.41, 5.74) is 0.0598. The smallest absolute Gasteiger partial charge is 0.409 e. The first-order valence-electron chi connectivity index (χ1n) is 11.1. The number of aliphatic imine (C=N–C) groups is 1. The molecule has 0 radical (unpaired) electrons. The summed E-state index contributed by atoms with van der Waals surface area (Å²) in [6.45, 7) is 16.7. The number of hydrogen-bond donors (Lipinski definition) is 2. The van der Waals surface area contributed by atoms with Crippen LogP contribution in [0.4, 0.5) is 4.79 Å². The zero-order valence-electron chi connectivity index (χ0n) is 18.6. The second kappa shape index (κ2) is 10.9. The van der Waals surface area contributed by atoms with E-state index in [1.54, 1.807) is 4.90 Å². The summed E-state index contributed by atoms with van der Waals surface area (Å²) in [6, 6.07) is 0.335. The normalized spacial score (nSPS) is 22.8. The summed E-state index contributed by atoms with van der Waals surface area (Å²) < 4.78 is 5.10. The van der Waals surface area contributed by atoms with Crippen LogP contribution in [-0.4, -0.2) is 79.3 Å². The molecular weight excluding hydrogens is 354 g/mol. The van der Waals surface area contributed by atoms with Crippen LogP contribution in [0.25, 0.3) is 0 Å². The quantitative estimate of drug-likeness (QED) is 0.535. The second-order valence-corrected chi connectivity index (χ2v) is 8.81. The lowest BCUT2D eigenvalue weighted by molar-refractivity contribution is 0.0774. The zero-order valence-corrected chi connectivity index (χ0v) is 18.6. The van der Waals surface area contributed by atoms with E-state index >= 15 is 0 Å². The van der Waals surface area contributed by atoms with Crippen molar-refractivity contribution in [3.05, 3.63) is 0 Å². The van der Waals surface area contributed by atoms with Gasteiger partial charge in [-0.05, 0) is 65.8 Å². The predicted molar refractivity (Wildman–Crippen MR) is 115 cm³/mol. The van der Waals surface area contributed by atoms with Crippen molar-refractivity contribution in [1.82, 2.24) is 20.4 Å². The molecule has 0 aromatic rings. The maximum atomic E-state index is 11.9. The van der Waals surface area contributed by atoms with Crippen LogP contribution in [0.5, 0.6) is 0 Å². The van der Waals surface area contributed by atoms with Crippen LogP contribution in [0.1, 0.15) is 60.3 Å². The summed E-state index contributed by atoms with van der Waals surface area (Å²) in [5, 5.41) is 6.96. The highest BCUT2D eigenvalue weighted by Crippen LogP contribution is 2.24. The number of carbonyl (C=O) groups is 1. The molecule has 7 nitrogen and oxygen atoms in total. The Hall–Kier alpha value is -1.50. The fourth-order valence-electron chi connectivity index (χ4n) is 4.05. The van der Waals surface area contributed by atoms with E-state index in [0.717, 1.165) is 50.9 Å². The van der Waals surface area contributed by atoms with Gasteiger partial charge in [0.15, 0.2) is 5.96 Å². The molecule has 2 fully saturated rings. The minimum Gasteiger partial charge on any atom is -0.450 e. The molecule has 0 aromatic carbocycles. The van der Waals surface area contributed by atoms with Crippen molar-refractivity contribution in [3.63, 3.8) is 0 Å². The van der Waals surface area contributed by atoms with Gasteiger partial charge < -0.3 is 20.3 Å². The monoisotopic (exact) mass is 395 g/mol. The molecule has 0 aliphatic carbocycles. The molecule has 1 amide bonds. The maximum Gasteiger partial charge on any atom is 0.409 e. The minimum absolute atomic E-state index is 0.0598. The van der Waals surface area contributed by atoms with Crippen LogP contribution >= 0.6 is 0 Å². The lowest BCUT2D eigenvalue weighted by Crippen LogP contribution is -2.52. The number of hydrogen-bond acceptors (Lipinski definition) is 4. The summed E-state index contributed by atoms with van der Waals surface area (Å²) >= 11 is 0. The molecule has 0 bridgehead atoms. The van der Waals surface area contributed by atoms with Crippen molar-refractivity contribution in [1.29, 1.82) is 0 Å². The molecule has 2 aliphatic rings. The van der Waals surface area contributed by atoms with Gasteiger partial charge in [-0.3, -0.25) is 9.89 Å². The molecule has 2 saturated heterocycles. The van der Waals surface area contributed by atoms with Crippen molar-refractivity contribution in [3.8, 4) is 0 Å². The van der Waals surface area contributed by atoms with Crippen LogP contribution in [0.15, 0.2) is 4.99 Å². The standard InChI is InChI=1S/C21H41N5O2/c1-6-22-19(23-16-21(4,5)26-12-8-9-17(3)15-26)24-18-10-13-25(14-11-18)20(27)28-7-2/h17-18H,6-16H2,1-5H3,(H2,22,23,24). The van der Waals surface area contributed by atoms with Gasteiger partial charge in [-0.2, -0.15) is 0 Å². The highest BCUT2D eigenvalue weighted by molar-refractivity contribution is 5.80. The Labute approximate surface area is 171 Å². The molecule has 28 heavy (non-hydrogen) atoms. The molecule has 7 heteroatoms. The van der Waals surface area contributed by atoms with Crippen molar-refractivity contribution >= 4 is 12.1 Å². The molecule has 2 rings (SSSR count). The fraction of sp³-hybridized carbons (Fsp3) is 0.905. The van der Waals surface area contributed by atoms with Crippen LogP contribution in [-0.2, 0) is 4.74 Å². The third-order valence-corrected chi connectivity index (χ3v) is 5.84. The Morgan fingerprint density at radius 1 is 1.18 bits per heavy atom. The predicted octanol–water partition coefficient (Wildman–Crippen LogP) is 2.67. The molecule has 0 saturated carbocycles. The van der Waals surface area contributed by atoms with Gasteiger partial charge in [-0.15, -0.1) is 0 Å². The molecule has 2 N–H and O–H groups in total. The molecule has 1 atom stereocenters. The third kappa shape index (κ3) is 6.83. The third-order valence-electron chi connectivity index (χ3n) is 5.84. The second-order valence-electron chi connectivity index (χ2n) is 8.81. The van der Waals surface area contributed by atoms with Crippen LogP contribution in [0.2, 0.25) is 0 Å². The van der Waals surface area contributed by atoms with Gasteiger partial charge in [0, 0.05) is 37.8 Å². The number of carbonyl (C=O) groups excluding carboxylic acids is 1. The Morgan fingerprint density at radius 2 is 1.89 bits per heavy atom. The van der Waals surface area contributed by atoms with Crippen LogP contribution in [0.3, 0.4) is 0 Å². The number of rotatable bonds is 6. The maximum absolute atomic E-state index is 11.9. The highest BCUT2D eigenvalue weighted by Gasteiger charge is 2.30. The molecule has 0 spiro atoms. The van der Waals surface area contributed by atoms with E-state index in [2.05, 4.69) is 43.2 Å². The topological polar surface area (TPSA) is 69.2 Å². The Morgan fingerprint density at radius 3 is 2.50 bits per heavy atom. The summed E-state index contributed by atoms with van der Waals surface area (Å²) in [6.07, 6.45) is 4.25. The van der Waals surface area contributed by atoms with Crippen molar-refractivity contribution in [2.24, 2.45) is 10.9 Å². The molecule has 0 aromatic heterocycles.